The summed E-state index contributed by atoms with van der Waals surface area (Å²) in [7, 11) is -3.13. The number of fused-ring (bicyclic) bond motifs is 1. The zero-order valence-corrected chi connectivity index (χ0v) is 15.4. The third-order valence-corrected chi connectivity index (χ3v) is 6.40. The number of thiazole rings is 1. The van der Waals surface area contributed by atoms with Gasteiger partial charge in [0.15, 0.2) is 0 Å². The Hall–Kier alpha value is -1.29. The van der Waals surface area contributed by atoms with Gasteiger partial charge in [-0.2, -0.15) is 5.10 Å². The first-order valence-corrected chi connectivity index (χ1v) is 10.7. The van der Waals surface area contributed by atoms with Gasteiger partial charge >= 0.3 is 0 Å². The highest BCUT2D eigenvalue weighted by atomic mass is 32.2. The molecule has 0 saturated carbocycles. The number of nitrogens with zero attached hydrogens (tertiary/aromatic N) is 4. The summed E-state index contributed by atoms with van der Waals surface area (Å²) in [5.74, 6) is 0.475. The summed E-state index contributed by atoms with van der Waals surface area (Å²) in [6, 6.07) is 2.05. The van der Waals surface area contributed by atoms with E-state index < -0.39 is 10.0 Å². The Morgan fingerprint density at radius 1 is 1.38 bits per heavy atom. The van der Waals surface area contributed by atoms with Gasteiger partial charge in [0.2, 0.25) is 10.0 Å². The summed E-state index contributed by atoms with van der Waals surface area (Å²) >= 11 is 1.67. The van der Waals surface area contributed by atoms with E-state index in [4.69, 9.17) is 0 Å². The molecule has 0 bridgehead atoms. The molecular weight excluding hydrogens is 346 g/mol. The van der Waals surface area contributed by atoms with Crippen LogP contribution >= 0.6 is 11.3 Å². The maximum atomic E-state index is 11.6. The zero-order chi connectivity index (χ0) is 17.0. The van der Waals surface area contributed by atoms with Gasteiger partial charge < -0.3 is 0 Å². The first-order chi connectivity index (χ1) is 11.6. The van der Waals surface area contributed by atoms with Crippen LogP contribution in [0.3, 0.4) is 0 Å². The van der Waals surface area contributed by atoms with Crippen molar-refractivity contribution in [2.45, 2.75) is 33.0 Å². The van der Waals surface area contributed by atoms with Crippen molar-refractivity contribution >= 4 is 21.4 Å². The van der Waals surface area contributed by atoms with Crippen molar-refractivity contribution in [1.29, 1.82) is 0 Å². The number of hydrogen-bond donors (Lipinski definition) is 1. The molecule has 1 N–H and O–H groups in total. The molecule has 3 heterocycles. The minimum atomic E-state index is -3.13. The lowest BCUT2D eigenvalue weighted by molar-refractivity contribution is 0.215. The first kappa shape index (κ1) is 17.5. The summed E-state index contributed by atoms with van der Waals surface area (Å²) in [5.41, 5.74) is 1.20. The van der Waals surface area contributed by atoms with Crippen molar-refractivity contribution in [2.24, 2.45) is 5.92 Å². The third-order valence-electron chi connectivity index (χ3n) is 4.23. The molecule has 0 fully saturated rings. The Labute approximate surface area is 146 Å². The maximum absolute atomic E-state index is 11.6. The Kier molecular flexibility index (Phi) is 5.65. The average molecular weight is 370 g/mol. The number of nitrogens with one attached hydrogen (secondary N) is 1. The second-order valence-electron chi connectivity index (χ2n) is 6.05. The number of rotatable bonds is 7. The van der Waals surface area contributed by atoms with Crippen LogP contribution in [-0.4, -0.2) is 46.9 Å². The van der Waals surface area contributed by atoms with Gasteiger partial charge in [0.1, 0.15) is 5.01 Å². The van der Waals surface area contributed by atoms with Gasteiger partial charge in [-0.05, 0) is 25.3 Å². The first-order valence-electron chi connectivity index (χ1n) is 8.14. The van der Waals surface area contributed by atoms with Crippen LogP contribution in [0.1, 0.15) is 24.0 Å². The SMILES string of the molecule is CCS(=O)(=O)NCC[C@H]1CN(Cc2nccs2)Cc2ccnn2C1. The standard InChI is InChI=1S/C15H23N5O2S2/c1-2-24(21,22)18-6-3-13-9-19(12-15-16-7-8-23-15)11-14-4-5-17-20(14)10-13/h4-5,7-8,13,18H,2-3,6,9-12H2,1H3/t13-/m0/s1. The minimum Gasteiger partial charge on any atom is -0.291 e. The van der Waals surface area contributed by atoms with Crippen LogP contribution in [0.4, 0.5) is 0 Å². The zero-order valence-electron chi connectivity index (χ0n) is 13.8. The van der Waals surface area contributed by atoms with Crippen LogP contribution in [0, 0.1) is 5.92 Å². The van der Waals surface area contributed by atoms with Gasteiger partial charge in [-0.1, -0.05) is 0 Å². The fraction of sp³-hybridized carbons (Fsp3) is 0.600. The highest BCUT2D eigenvalue weighted by Crippen LogP contribution is 2.20. The second kappa shape index (κ2) is 7.73. The van der Waals surface area contributed by atoms with Crippen molar-refractivity contribution in [3.05, 3.63) is 34.5 Å². The molecule has 0 saturated heterocycles. The Balaban J connectivity index is 1.65. The molecular formula is C15H23N5O2S2. The topological polar surface area (TPSA) is 80.1 Å². The van der Waals surface area contributed by atoms with Crippen LogP contribution in [0.25, 0.3) is 0 Å². The van der Waals surface area contributed by atoms with Crippen molar-refractivity contribution < 1.29 is 8.42 Å². The minimum absolute atomic E-state index is 0.122. The van der Waals surface area contributed by atoms with E-state index in [0.29, 0.717) is 12.5 Å². The molecule has 0 aliphatic carbocycles. The molecule has 3 rings (SSSR count). The quantitative estimate of drug-likeness (QED) is 0.796. The smallest absolute Gasteiger partial charge is 0.211 e. The molecule has 7 nitrogen and oxygen atoms in total. The average Bonchev–Trinajstić information content (AvgIpc) is 3.17. The van der Waals surface area contributed by atoms with E-state index in [-0.39, 0.29) is 5.75 Å². The lowest BCUT2D eigenvalue weighted by atomic mass is 10.1. The van der Waals surface area contributed by atoms with Gasteiger partial charge in [0.05, 0.1) is 18.0 Å². The summed E-state index contributed by atoms with van der Waals surface area (Å²) in [6.45, 7) is 5.53. The number of aromatic nitrogens is 3. The van der Waals surface area contributed by atoms with Crippen molar-refractivity contribution in [2.75, 3.05) is 18.8 Å². The monoisotopic (exact) mass is 369 g/mol. The molecule has 2 aromatic rings. The van der Waals surface area contributed by atoms with Gasteiger partial charge in [-0.15, -0.1) is 11.3 Å². The third kappa shape index (κ3) is 4.62. The highest BCUT2D eigenvalue weighted by molar-refractivity contribution is 7.89. The molecule has 0 unspecified atom stereocenters. The van der Waals surface area contributed by atoms with Crippen LogP contribution < -0.4 is 4.72 Å². The predicted octanol–water partition coefficient (Wildman–Crippen LogP) is 1.30. The molecule has 1 aliphatic rings. The molecule has 9 heteroatoms. The van der Waals surface area contributed by atoms with Crippen molar-refractivity contribution in [1.82, 2.24) is 24.4 Å². The Bertz CT molecular complexity index is 742. The maximum Gasteiger partial charge on any atom is 0.211 e. The second-order valence-corrected chi connectivity index (χ2v) is 9.13. The molecule has 1 atom stereocenters. The Morgan fingerprint density at radius 3 is 3.00 bits per heavy atom. The van der Waals surface area contributed by atoms with Crippen molar-refractivity contribution in [3.8, 4) is 0 Å². The molecule has 2 aromatic heterocycles. The Morgan fingerprint density at radius 2 is 2.25 bits per heavy atom. The molecule has 0 radical (unpaired) electrons. The van der Waals surface area contributed by atoms with Crippen LogP contribution in [0.5, 0.6) is 0 Å². The largest absolute Gasteiger partial charge is 0.291 e. The van der Waals surface area contributed by atoms with E-state index in [0.717, 1.165) is 37.6 Å². The van der Waals surface area contributed by atoms with E-state index >= 15 is 0 Å². The molecule has 24 heavy (non-hydrogen) atoms. The molecule has 0 spiro atoms. The normalized spacial score (nSPS) is 19.1. The summed E-state index contributed by atoms with van der Waals surface area (Å²) in [6.07, 6.45) is 4.46. The summed E-state index contributed by atoms with van der Waals surface area (Å²) < 4.78 is 27.9. The molecule has 1 aliphatic heterocycles. The number of hydrogen-bond acceptors (Lipinski definition) is 6. The van der Waals surface area contributed by atoms with Gasteiger partial charge in [0, 0.05) is 44.0 Å². The van der Waals surface area contributed by atoms with Gasteiger partial charge in [0.25, 0.3) is 0 Å². The predicted molar refractivity (Wildman–Crippen MR) is 94.0 cm³/mol. The van der Waals surface area contributed by atoms with Crippen molar-refractivity contribution in [3.63, 3.8) is 0 Å². The van der Waals surface area contributed by atoms with Crippen LogP contribution in [-0.2, 0) is 29.7 Å². The molecule has 132 valence electrons. The van der Waals surface area contributed by atoms with E-state index in [1.165, 1.54) is 5.69 Å². The molecule has 0 amide bonds. The van der Waals surface area contributed by atoms with E-state index in [1.807, 2.05) is 22.5 Å². The van der Waals surface area contributed by atoms with Crippen LogP contribution in [0.2, 0.25) is 0 Å². The van der Waals surface area contributed by atoms with E-state index in [1.54, 1.807) is 18.3 Å². The lowest BCUT2D eigenvalue weighted by Crippen LogP contribution is -2.32. The fourth-order valence-electron chi connectivity index (χ4n) is 2.97. The van der Waals surface area contributed by atoms with Crippen LogP contribution in [0.15, 0.2) is 23.8 Å². The highest BCUT2D eigenvalue weighted by Gasteiger charge is 2.23. The van der Waals surface area contributed by atoms with Gasteiger partial charge in [-0.25, -0.2) is 18.1 Å². The summed E-state index contributed by atoms with van der Waals surface area (Å²) in [4.78, 5) is 6.75. The van der Waals surface area contributed by atoms with E-state index in [9.17, 15) is 8.42 Å². The van der Waals surface area contributed by atoms with Gasteiger partial charge in [-0.3, -0.25) is 9.58 Å². The molecule has 0 aromatic carbocycles. The summed E-state index contributed by atoms with van der Waals surface area (Å²) in [5, 5.41) is 7.51. The number of sulfonamides is 1. The fourth-order valence-corrected chi connectivity index (χ4v) is 4.26. The van der Waals surface area contributed by atoms with E-state index in [2.05, 4.69) is 25.8 Å². The lowest BCUT2D eigenvalue weighted by Gasteiger charge is -2.23.